The van der Waals surface area contributed by atoms with Crippen molar-refractivity contribution in [3.05, 3.63) is 121 Å². The van der Waals surface area contributed by atoms with Crippen LogP contribution in [0, 0.1) is 10.2 Å². The molecule has 0 amide bonds. The minimum atomic E-state index is -4.94. The smallest absolute Gasteiger partial charge is 0 e. The van der Waals surface area contributed by atoms with Crippen LogP contribution < -0.4 is 39.9 Å². The molecule has 4 aromatic carbocycles. The maximum Gasteiger partial charge on any atom is 0 e. The van der Waals surface area contributed by atoms with Gasteiger partial charge in [-0.25, -0.2) is 18.6 Å². The van der Waals surface area contributed by atoms with Crippen LogP contribution in [-0.2, 0) is 19.5 Å². The van der Waals surface area contributed by atoms with Crippen LogP contribution in [0.4, 0.5) is 0 Å². The normalized spacial score (nSPS) is 12.8. The van der Waals surface area contributed by atoms with Crippen molar-refractivity contribution < 1.29 is 48.4 Å². The summed E-state index contributed by atoms with van der Waals surface area (Å²) in [6.07, 6.45) is 0. The van der Waals surface area contributed by atoms with Crippen molar-refractivity contribution in [3.63, 3.8) is 0 Å². The van der Waals surface area contributed by atoms with E-state index in [-0.39, 0.29) is 19.5 Å². The topological polar surface area (TPSA) is 92.2 Å². The molecule has 0 saturated heterocycles. The van der Waals surface area contributed by atoms with Gasteiger partial charge in [0.2, 0.25) is 0 Å². The van der Waals surface area contributed by atoms with Gasteiger partial charge in [-0.1, -0.05) is 135 Å². The Kier molecular flexibility index (Phi) is 12.8. The van der Waals surface area contributed by atoms with Gasteiger partial charge in [0.25, 0.3) is 0 Å². The van der Waals surface area contributed by atoms with Crippen LogP contribution >= 0.6 is 15.8 Å². The van der Waals surface area contributed by atoms with Gasteiger partial charge in [0.1, 0.15) is 0 Å². The van der Waals surface area contributed by atoms with Gasteiger partial charge >= 0.3 is 0 Å². The Morgan fingerprint density at radius 2 is 0.611 bits per heavy atom. The van der Waals surface area contributed by atoms with E-state index in [0.29, 0.717) is 11.3 Å². The molecular formula is C28H28ClO4P2Rh-. The molecule has 0 aliphatic heterocycles. The van der Waals surface area contributed by atoms with E-state index in [4.69, 9.17) is 18.6 Å². The summed E-state index contributed by atoms with van der Waals surface area (Å²) in [7, 11) is -5.84. The summed E-state index contributed by atoms with van der Waals surface area (Å²) in [6, 6.07) is 44.5. The van der Waals surface area contributed by atoms with Crippen molar-refractivity contribution in [1.29, 1.82) is 0 Å². The Morgan fingerprint density at radius 3 is 0.778 bits per heavy atom. The van der Waals surface area contributed by atoms with Gasteiger partial charge in [-0.3, -0.25) is 0 Å². The summed E-state index contributed by atoms with van der Waals surface area (Å²) in [5, 5.41) is 5.87. The number of halogens is 1. The summed E-state index contributed by atoms with van der Waals surface area (Å²) in [6.45, 7) is 4.94. The van der Waals surface area contributed by atoms with E-state index < -0.39 is 26.1 Å². The second kappa shape index (κ2) is 15.0. The zero-order valence-electron chi connectivity index (χ0n) is 19.9. The molecule has 0 fully saturated rings. The number of rotatable bonds is 7. The monoisotopic (exact) mass is 628 g/mol. The molecule has 0 bridgehead atoms. The third-order valence-corrected chi connectivity index (χ3v) is 11.8. The maximum atomic E-state index is 8.49. The van der Waals surface area contributed by atoms with Crippen LogP contribution in [0.3, 0.4) is 0 Å². The first-order valence-corrected chi connectivity index (χ1v) is 15.2. The summed E-state index contributed by atoms with van der Waals surface area (Å²) in [5.74, 6) is 0. The Bertz CT molecular complexity index is 962. The Hall–Kier alpha value is -1.51. The molecule has 191 valence electrons. The van der Waals surface area contributed by atoms with E-state index in [1.165, 1.54) is 21.2 Å². The molecule has 4 nitrogen and oxygen atoms in total. The minimum absolute atomic E-state index is 0. The summed E-state index contributed by atoms with van der Waals surface area (Å²) in [5.41, 5.74) is 1.10. The second-order valence-electron chi connectivity index (χ2n) is 7.94. The van der Waals surface area contributed by atoms with Crippen LogP contribution in [0.2, 0.25) is 0 Å². The van der Waals surface area contributed by atoms with E-state index in [1.807, 2.05) is 0 Å². The molecule has 0 aliphatic rings. The summed E-state index contributed by atoms with van der Waals surface area (Å²) >= 11 is 0. The van der Waals surface area contributed by atoms with Crippen LogP contribution in [0.25, 0.3) is 0 Å². The molecule has 0 saturated carbocycles. The largest absolute Gasteiger partial charge is 0.222 e. The Labute approximate surface area is 231 Å². The molecule has 0 heterocycles. The second-order valence-corrected chi connectivity index (χ2v) is 13.9. The molecule has 0 aliphatic carbocycles. The van der Waals surface area contributed by atoms with Gasteiger partial charge in [0, 0.05) is 19.5 Å². The van der Waals surface area contributed by atoms with E-state index in [2.05, 4.69) is 135 Å². The fourth-order valence-electron chi connectivity index (χ4n) is 4.02. The predicted molar refractivity (Wildman–Crippen MR) is 137 cm³/mol. The molecule has 8 heteroatoms. The Morgan fingerprint density at radius 1 is 0.444 bits per heavy atom. The van der Waals surface area contributed by atoms with E-state index >= 15 is 0 Å². The van der Waals surface area contributed by atoms with Gasteiger partial charge in [-0.2, -0.15) is 0 Å². The number of benzene rings is 4. The molecule has 4 aromatic rings. The molecule has 4 rings (SSSR count). The molecule has 0 aromatic heterocycles. The fraction of sp³-hybridized carbons (Fsp3) is 0.143. The molecule has 0 spiro atoms. The van der Waals surface area contributed by atoms with E-state index in [1.54, 1.807) is 0 Å². The van der Waals surface area contributed by atoms with Crippen molar-refractivity contribution in [1.82, 2.24) is 0 Å². The quantitative estimate of drug-likeness (QED) is 0.228. The first kappa shape index (κ1) is 30.7. The fourth-order valence-corrected chi connectivity index (χ4v) is 10.1. The van der Waals surface area contributed by atoms with Gasteiger partial charge < -0.3 is 0 Å². The van der Waals surface area contributed by atoms with Crippen LogP contribution in [0.15, 0.2) is 121 Å². The molecule has 2 atom stereocenters. The molecule has 0 N–H and O–H groups in total. The minimum Gasteiger partial charge on any atom is -0.222 e. The van der Waals surface area contributed by atoms with Gasteiger partial charge in [0.15, 0.2) is 0 Å². The summed E-state index contributed by atoms with van der Waals surface area (Å²) < 4.78 is 34.0. The standard InChI is InChI=1S/C28H28P2.ClHO4.Rh/c1-23(29(25-15-7-3-8-16-25)26-17-9-4-10-18-26)24(2)30(27-19-11-5-12-20-27)28-21-13-6-14-22-28;2-1(3,4)5;/h3-24H,1-2H3;(H,2,3,4,5);/p-1/t23-,24-;;/m0../s1. The van der Waals surface area contributed by atoms with Crippen LogP contribution in [0.5, 0.6) is 0 Å². The van der Waals surface area contributed by atoms with Crippen LogP contribution in [0.1, 0.15) is 13.8 Å². The molecule has 0 unspecified atom stereocenters. The average molecular weight is 629 g/mol. The van der Waals surface area contributed by atoms with Crippen LogP contribution in [-0.4, -0.2) is 11.3 Å². The average Bonchev–Trinajstić information content (AvgIpc) is 2.86. The predicted octanol–water partition coefficient (Wildman–Crippen LogP) is 1.27. The number of hydrogen-bond donors (Lipinski definition) is 0. The SMILES string of the molecule is C[C@@H]([C@H](C)P(c1ccccc1)c1ccccc1)P(c1ccccc1)c1ccccc1.[O-][Cl+3]([O-])([O-])[O-].[Rh]. The van der Waals surface area contributed by atoms with E-state index in [0.717, 1.165) is 0 Å². The van der Waals surface area contributed by atoms with Crippen molar-refractivity contribution >= 4 is 37.1 Å². The zero-order valence-corrected chi connectivity index (χ0v) is 24.1. The Balaban J connectivity index is 0.000000694. The van der Waals surface area contributed by atoms with Crippen molar-refractivity contribution in [2.24, 2.45) is 0 Å². The number of hydrogen-bond acceptors (Lipinski definition) is 4. The van der Waals surface area contributed by atoms with E-state index in [9.17, 15) is 0 Å². The van der Waals surface area contributed by atoms with Crippen molar-refractivity contribution in [3.8, 4) is 0 Å². The maximum absolute atomic E-state index is 8.49. The van der Waals surface area contributed by atoms with Crippen molar-refractivity contribution in [2.75, 3.05) is 0 Å². The van der Waals surface area contributed by atoms with Gasteiger partial charge in [-0.05, 0) is 48.4 Å². The van der Waals surface area contributed by atoms with Crippen molar-refractivity contribution in [2.45, 2.75) is 25.2 Å². The first-order valence-electron chi connectivity index (χ1n) is 11.2. The third-order valence-electron chi connectivity index (χ3n) is 5.65. The molecule has 1 radical (unpaired) electrons. The zero-order chi connectivity index (χ0) is 25.3. The molecular weight excluding hydrogens is 601 g/mol. The first-order chi connectivity index (χ1) is 16.8. The summed E-state index contributed by atoms with van der Waals surface area (Å²) in [4.78, 5) is 0. The van der Waals surface area contributed by atoms with Gasteiger partial charge in [-0.15, -0.1) is 10.2 Å². The van der Waals surface area contributed by atoms with Gasteiger partial charge in [0.05, 0.1) is 0 Å². The molecule has 36 heavy (non-hydrogen) atoms. The third kappa shape index (κ3) is 9.42.